The molecular formula is C24H30N4O2. The van der Waals surface area contributed by atoms with Gasteiger partial charge >= 0.3 is 0 Å². The molecule has 2 aliphatic rings. The Kier molecular flexibility index (Phi) is 5.77. The minimum Gasteiger partial charge on any atom is -0.493 e. The summed E-state index contributed by atoms with van der Waals surface area (Å²) in [5, 5.41) is 10.7. The fraction of sp³-hybridized carbons (Fsp3) is 0.417. The van der Waals surface area contributed by atoms with Crippen LogP contribution < -0.4 is 21.5 Å². The Morgan fingerprint density at radius 3 is 2.70 bits per heavy atom. The van der Waals surface area contributed by atoms with E-state index in [0.717, 1.165) is 54.5 Å². The zero-order valence-electron chi connectivity index (χ0n) is 17.2. The fourth-order valence-electron chi connectivity index (χ4n) is 4.92. The average Bonchev–Trinajstić information content (AvgIpc) is 3.41. The third-order valence-electron chi connectivity index (χ3n) is 6.67. The monoisotopic (exact) mass is 406 g/mol. The molecule has 1 aliphatic carbocycles. The molecule has 6 nitrogen and oxygen atoms in total. The van der Waals surface area contributed by atoms with Crippen LogP contribution in [0.15, 0.2) is 42.5 Å². The number of ether oxygens (including phenoxy) is 1. The number of hydrogen-bond donors (Lipinski definition) is 4. The molecule has 6 N–H and O–H groups in total. The van der Waals surface area contributed by atoms with Crippen molar-refractivity contribution < 1.29 is 9.53 Å². The van der Waals surface area contributed by atoms with Crippen LogP contribution >= 0.6 is 0 Å². The SMILES string of the molecule is N=C(N)c1ccc2c(c1)C(CCNC(=O)c1ccccc1C1(CN)CCCC1)CO2. The normalized spacial score (nSPS) is 19.2. The summed E-state index contributed by atoms with van der Waals surface area (Å²) < 4.78 is 5.76. The van der Waals surface area contributed by atoms with E-state index < -0.39 is 0 Å². The summed E-state index contributed by atoms with van der Waals surface area (Å²) in [7, 11) is 0. The summed E-state index contributed by atoms with van der Waals surface area (Å²) in [6.07, 6.45) is 5.18. The van der Waals surface area contributed by atoms with E-state index in [-0.39, 0.29) is 23.1 Å². The highest BCUT2D eigenvalue weighted by Gasteiger charge is 2.36. The molecule has 1 saturated carbocycles. The number of hydrogen-bond acceptors (Lipinski definition) is 4. The van der Waals surface area contributed by atoms with Crippen molar-refractivity contribution in [3.8, 4) is 5.75 Å². The Hall–Kier alpha value is -2.86. The molecule has 6 heteroatoms. The number of nitrogen functional groups attached to an aromatic ring is 1. The minimum absolute atomic E-state index is 0.0399. The van der Waals surface area contributed by atoms with Crippen molar-refractivity contribution in [2.24, 2.45) is 11.5 Å². The zero-order valence-corrected chi connectivity index (χ0v) is 17.2. The fourth-order valence-corrected chi connectivity index (χ4v) is 4.92. The van der Waals surface area contributed by atoms with Gasteiger partial charge in [-0.2, -0.15) is 0 Å². The van der Waals surface area contributed by atoms with Gasteiger partial charge in [-0.25, -0.2) is 0 Å². The zero-order chi connectivity index (χ0) is 21.1. The number of amidine groups is 1. The standard InChI is InChI=1S/C24H30N4O2/c25-15-24(10-3-4-11-24)20-6-2-1-5-18(20)23(29)28-12-9-17-14-30-21-8-7-16(22(26)27)13-19(17)21/h1-2,5-8,13,17H,3-4,9-12,14-15,25H2,(H3,26,27)(H,28,29). The molecule has 158 valence electrons. The second kappa shape index (κ2) is 8.48. The molecule has 0 bridgehead atoms. The molecule has 1 heterocycles. The summed E-state index contributed by atoms with van der Waals surface area (Å²) in [5.74, 6) is 1.03. The smallest absolute Gasteiger partial charge is 0.251 e. The molecule has 0 saturated heterocycles. The van der Waals surface area contributed by atoms with Crippen LogP contribution in [0.5, 0.6) is 5.75 Å². The van der Waals surface area contributed by atoms with Gasteiger partial charge in [0.1, 0.15) is 11.6 Å². The molecule has 1 amide bonds. The summed E-state index contributed by atoms with van der Waals surface area (Å²) in [6.45, 7) is 1.71. The Bertz CT molecular complexity index is 950. The van der Waals surface area contributed by atoms with Gasteiger partial charge in [0.25, 0.3) is 5.91 Å². The third-order valence-corrected chi connectivity index (χ3v) is 6.67. The Balaban J connectivity index is 1.43. The molecule has 0 radical (unpaired) electrons. The number of amides is 1. The van der Waals surface area contributed by atoms with Gasteiger partial charge in [-0.3, -0.25) is 10.2 Å². The first-order valence-corrected chi connectivity index (χ1v) is 10.7. The van der Waals surface area contributed by atoms with E-state index in [9.17, 15) is 4.79 Å². The highest BCUT2D eigenvalue weighted by atomic mass is 16.5. The van der Waals surface area contributed by atoms with Crippen LogP contribution in [0.4, 0.5) is 0 Å². The van der Waals surface area contributed by atoms with E-state index in [1.807, 2.05) is 30.3 Å². The van der Waals surface area contributed by atoms with E-state index in [2.05, 4.69) is 11.4 Å². The number of nitrogens with one attached hydrogen (secondary N) is 2. The molecule has 1 atom stereocenters. The molecule has 1 aliphatic heterocycles. The van der Waals surface area contributed by atoms with Crippen molar-refractivity contribution in [3.63, 3.8) is 0 Å². The van der Waals surface area contributed by atoms with Gasteiger partial charge in [0.2, 0.25) is 0 Å². The van der Waals surface area contributed by atoms with Gasteiger partial charge in [-0.1, -0.05) is 31.0 Å². The third kappa shape index (κ3) is 3.79. The van der Waals surface area contributed by atoms with E-state index in [1.165, 1.54) is 0 Å². The van der Waals surface area contributed by atoms with Gasteiger partial charge in [-0.15, -0.1) is 0 Å². The first kappa shape index (κ1) is 20.4. The molecule has 1 fully saturated rings. The van der Waals surface area contributed by atoms with Gasteiger partial charge in [0.05, 0.1) is 6.61 Å². The molecule has 2 aromatic rings. The molecule has 4 rings (SSSR count). The van der Waals surface area contributed by atoms with Crippen molar-refractivity contribution in [1.82, 2.24) is 5.32 Å². The molecule has 0 spiro atoms. The summed E-state index contributed by atoms with van der Waals surface area (Å²) in [4.78, 5) is 13.0. The topological polar surface area (TPSA) is 114 Å². The van der Waals surface area contributed by atoms with Crippen LogP contribution in [-0.2, 0) is 5.41 Å². The van der Waals surface area contributed by atoms with Gasteiger partial charge < -0.3 is 21.5 Å². The molecular weight excluding hydrogens is 376 g/mol. The van der Waals surface area contributed by atoms with Crippen LogP contribution in [0.25, 0.3) is 0 Å². The lowest BCUT2D eigenvalue weighted by atomic mass is 9.76. The highest BCUT2D eigenvalue weighted by Crippen LogP contribution is 2.41. The quantitative estimate of drug-likeness (QED) is 0.418. The second-order valence-corrected chi connectivity index (χ2v) is 8.46. The van der Waals surface area contributed by atoms with Gasteiger partial charge in [0, 0.05) is 41.1 Å². The van der Waals surface area contributed by atoms with Crippen molar-refractivity contribution in [2.45, 2.75) is 43.4 Å². The number of benzene rings is 2. The maximum atomic E-state index is 13.0. The lowest BCUT2D eigenvalue weighted by Crippen LogP contribution is -2.36. The first-order valence-electron chi connectivity index (χ1n) is 10.7. The van der Waals surface area contributed by atoms with Gasteiger partial charge in [0.15, 0.2) is 0 Å². The maximum Gasteiger partial charge on any atom is 0.251 e. The van der Waals surface area contributed by atoms with E-state index >= 15 is 0 Å². The number of rotatable bonds is 7. The lowest BCUT2D eigenvalue weighted by molar-refractivity contribution is 0.0949. The van der Waals surface area contributed by atoms with Crippen LogP contribution in [0.1, 0.15) is 65.1 Å². The van der Waals surface area contributed by atoms with E-state index in [0.29, 0.717) is 25.3 Å². The van der Waals surface area contributed by atoms with E-state index in [4.69, 9.17) is 21.6 Å². The Morgan fingerprint density at radius 2 is 1.97 bits per heavy atom. The van der Waals surface area contributed by atoms with Crippen molar-refractivity contribution in [3.05, 3.63) is 64.7 Å². The molecule has 1 unspecified atom stereocenters. The van der Waals surface area contributed by atoms with Crippen molar-refractivity contribution in [1.29, 1.82) is 5.41 Å². The summed E-state index contributed by atoms with van der Waals surface area (Å²) in [6, 6.07) is 13.5. The molecule has 0 aromatic heterocycles. The second-order valence-electron chi connectivity index (χ2n) is 8.46. The first-order chi connectivity index (χ1) is 14.5. The number of fused-ring (bicyclic) bond motifs is 1. The lowest BCUT2D eigenvalue weighted by Gasteiger charge is -2.30. The predicted molar refractivity (Wildman–Crippen MR) is 118 cm³/mol. The number of nitrogens with two attached hydrogens (primary N) is 2. The Labute approximate surface area is 177 Å². The highest BCUT2D eigenvalue weighted by molar-refractivity contribution is 5.96. The van der Waals surface area contributed by atoms with Crippen LogP contribution in [0, 0.1) is 5.41 Å². The number of carbonyl (C=O) groups is 1. The van der Waals surface area contributed by atoms with Crippen LogP contribution in [0.3, 0.4) is 0 Å². The van der Waals surface area contributed by atoms with Crippen molar-refractivity contribution >= 4 is 11.7 Å². The van der Waals surface area contributed by atoms with Crippen molar-refractivity contribution in [2.75, 3.05) is 19.7 Å². The largest absolute Gasteiger partial charge is 0.493 e. The summed E-state index contributed by atoms with van der Waals surface area (Å²) >= 11 is 0. The predicted octanol–water partition coefficient (Wildman–Crippen LogP) is 3.04. The number of carbonyl (C=O) groups excluding carboxylic acids is 1. The minimum atomic E-state index is -0.0742. The van der Waals surface area contributed by atoms with Crippen LogP contribution in [0.2, 0.25) is 0 Å². The Morgan fingerprint density at radius 1 is 1.20 bits per heavy atom. The average molecular weight is 407 g/mol. The molecule has 30 heavy (non-hydrogen) atoms. The van der Waals surface area contributed by atoms with Gasteiger partial charge in [-0.05, 0) is 49.1 Å². The molecule has 2 aromatic carbocycles. The van der Waals surface area contributed by atoms with E-state index in [1.54, 1.807) is 6.07 Å². The maximum absolute atomic E-state index is 13.0. The van der Waals surface area contributed by atoms with Crippen LogP contribution in [-0.4, -0.2) is 31.4 Å². The summed E-state index contributed by atoms with van der Waals surface area (Å²) in [5.41, 5.74) is 15.3.